The first-order valence-electron chi connectivity index (χ1n) is 8.91. The van der Waals surface area contributed by atoms with E-state index in [-0.39, 0.29) is 16.6 Å². The molecular formula is C21H13ClN4O4S. The van der Waals surface area contributed by atoms with E-state index in [9.17, 15) is 14.9 Å². The van der Waals surface area contributed by atoms with Gasteiger partial charge in [0.25, 0.3) is 11.6 Å². The zero-order valence-electron chi connectivity index (χ0n) is 15.7. The Hall–Kier alpha value is -3.69. The summed E-state index contributed by atoms with van der Waals surface area (Å²) in [5.74, 6) is 0.539. The average Bonchev–Trinajstić information content (AvgIpc) is 3.35. The summed E-state index contributed by atoms with van der Waals surface area (Å²) in [6, 6.07) is 16.9. The van der Waals surface area contributed by atoms with Crippen molar-refractivity contribution in [2.45, 2.75) is 0 Å². The van der Waals surface area contributed by atoms with Crippen LogP contribution in [0.2, 0.25) is 5.02 Å². The quantitative estimate of drug-likeness (QED) is 0.250. The predicted octanol–water partition coefficient (Wildman–Crippen LogP) is 5.10. The zero-order valence-corrected chi connectivity index (χ0v) is 17.3. The molecule has 3 aromatic rings. The molecule has 2 aromatic carbocycles. The molecule has 2 heterocycles. The van der Waals surface area contributed by atoms with E-state index < -0.39 is 4.92 Å². The third-order valence-electron chi connectivity index (χ3n) is 4.13. The van der Waals surface area contributed by atoms with Gasteiger partial charge >= 0.3 is 0 Å². The Morgan fingerprint density at radius 2 is 1.94 bits per heavy atom. The number of nitro benzene ring substituents is 1. The Balaban J connectivity index is 1.49. The number of hydrogen-bond donors (Lipinski definition) is 1. The van der Waals surface area contributed by atoms with Crippen LogP contribution in [0.5, 0.6) is 0 Å². The number of furan rings is 1. The number of amides is 1. The molecule has 1 amide bonds. The molecular weight excluding hydrogens is 440 g/mol. The fourth-order valence-corrected chi connectivity index (χ4v) is 3.71. The van der Waals surface area contributed by atoms with Gasteiger partial charge < -0.3 is 4.42 Å². The maximum absolute atomic E-state index is 12.2. The van der Waals surface area contributed by atoms with E-state index in [1.165, 1.54) is 18.2 Å². The largest absolute Gasteiger partial charge is 0.457 e. The molecule has 0 aliphatic carbocycles. The van der Waals surface area contributed by atoms with Gasteiger partial charge in [-0.3, -0.25) is 20.2 Å². The number of hydrogen-bond acceptors (Lipinski definition) is 7. The first-order valence-corrected chi connectivity index (χ1v) is 10.1. The minimum Gasteiger partial charge on any atom is -0.457 e. The van der Waals surface area contributed by atoms with Crippen molar-refractivity contribution in [3.63, 3.8) is 0 Å². The Kier molecular flexibility index (Phi) is 5.96. The maximum atomic E-state index is 12.2. The predicted molar refractivity (Wildman–Crippen MR) is 121 cm³/mol. The molecule has 4 rings (SSSR count). The molecule has 1 aliphatic rings. The minimum atomic E-state index is -0.521. The summed E-state index contributed by atoms with van der Waals surface area (Å²) in [4.78, 5) is 22.9. The van der Waals surface area contributed by atoms with E-state index in [0.717, 1.165) is 17.3 Å². The SMILES string of the molecule is O=C1N/C(=N\N=C\c2ccccc2)S/C1=C/c1ccc(-c2ccc([N+](=O)[O-])cc2Cl)o1. The number of carbonyl (C=O) groups excluding carboxylic acids is 1. The second kappa shape index (κ2) is 8.99. The van der Waals surface area contributed by atoms with E-state index in [2.05, 4.69) is 15.5 Å². The second-order valence-corrected chi connectivity index (χ2v) is 7.69. The molecule has 10 heteroatoms. The van der Waals surface area contributed by atoms with Crippen molar-refractivity contribution in [2.24, 2.45) is 10.2 Å². The van der Waals surface area contributed by atoms with E-state index in [0.29, 0.717) is 27.2 Å². The van der Waals surface area contributed by atoms with Crippen molar-refractivity contribution >= 4 is 52.4 Å². The Morgan fingerprint density at radius 1 is 1.13 bits per heavy atom. The van der Waals surface area contributed by atoms with Gasteiger partial charge in [-0.05, 0) is 35.5 Å². The molecule has 0 spiro atoms. The van der Waals surface area contributed by atoms with Crippen LogP contribution in [0.15, 0.2) is 80.2 Å². The summed E-state index contributed by atoms with van der Waals surface area (Å²) in [5, 5.41) is 22.0. The van der Waals surface area contributed by atoms with E-state index in [1.54, 1.807) is 24.4 Å². The number of nitrogens with one attached hydrogen (secondary N) is 1. The number of non-ortho nitro benzene ring substituents is 1. The highest BCUT2D eigenvalue weighted by molar-refractivity contribution is 8.18. The monoisotopic (exact) mass is 452 g/mol. The lowest BCUT2D eigenvalue weighted by Crippen LogP contribution is -2.19. The molecule has 154 valence electrons. The second-order valence-electron chi connectivity index (χ2n) is 6.25. The third-order valence-corrected chi connectivity index (χ3v) is 5.35. The first kappa shape index (κ1) is 20.6. The van der Waals surface area contributed by atoms with Gasteiger partial charge in [0.05, 0.1) is 21.1 Å². The van der Waals surface area contributed by atoms with Crippen molar-refractivity contribution in [2.75, 3.05) is 0 Å². The molecule has 0 saturated carbocycles. The third kappa shape index (κ3) is 4.90. The molecule has 1 fully saturated rings. The molecule has 0 radical (unpaired) electrons. The van der Waals surface area contributed by atoms with Crippen LogP contribution in [0.1, 0.15) is 11.3 Å². The highest BCUT2D eigenvalue weighted by atomic mass is 35.5. The van der Waals surface area contributed by atoms with Crippen molar-refractivity contribution in [1.82, 2.24) is 5.32 Å². The van der Waals surface area contributed by atoms with Crippen LogP contribution in [-0.2, 0) is 4.79 Å². The molecule has 0 atom stereocenters. The van der Waals surface area contributed by atoms with Crippen LogP contribution < -0.4 is 5.32 Å². The first-order chi connectivity index (χ1) is 15.0. The molecule has 1 N–H and O–H groups in total. The van der Waals surface area contributed by atoms with Crippen molar-refractivity contribution in [1.29, 1.82) is 0 Å². The highest BCUT2D eigenvalue weighted by Gasteiger charge is 2.24. The fourth-order valence-electron chi connectivity index (χ4n) is 2.68. The summed E-state index contributed by atoms with van der Waals surface area (Å²) < 4.78 is 5.74. The van der Waals surface area contributed by atoms with Gasteiger partial charge in [-0.15, -0.1) is 5.10 Å². The summed E-state index contributed by atoms with van der Waals surface area (Å²) in [7, 11) is 0. The number of halogens is 1. The molecule has 0 bridgehead atoms. The summed E-state index contributed by atoms with van der Waals surface area (Å²) in [6.07, 6.45) is 3.17. The Bertz CT molecular complexity index is 1250. The van der Waals surface area contributed by atoms with Crippen molar-refractivity contribution in [3.8, 4) is 11.3 Å². The van der Waals surface area contributed by atoms with Crippen LogP contribution in [0, 0.1) is 10.1 Å². The van der Waals surface area contributed by atoms with Gasteiger partial charge in [-0.2, -0.15) is 5.10 Å². The highest BCUT2D eigenvalue weighted by Crippen LogP contribution is 2.33. The number of nitrogens with zero attached hydrogens (tertiary/aromatic N) is 3. The fraction of sp³-hybridized carbons (Fsp3) is 0. The summed E-state index contributed by atoms with van der Waals surface area (Å²) in [6.45, 7) is 0. The van der Waals surface area contributed by atoms with E-state index in [4.69, 9.17) is 16.0 Å². The summed E-state index contributed by atoms with van der Waals surface area (Å²) in [5.41, 5.74) is 1.30. The lowest BCUT2D eigenvalue weighted by Gasteiger charge is -2.00. The standard InChI is InChI=1S/C21H13ClN4O4S/c22-17-10-14(26(28)29)6-8-16(17)18-9-7-15(30-18)11-19-20(27)24-21(31-19)25-23-12-13-4-2-1-3-5-13/h1-12H,(H,24,25,27)/b19-11+,23-12+. The van der Waals surface area contributed by atoms with Crippen molar-refractivity contribution in [3.05, 3.63) is 92.0 Å². The average molecular weight is 453 g/mol. The number of carbonyl (C=O) groups is 1. The Morgan fingerprint density at radius 3 is 2.68 bits per heavy atom. The molecule has 0 unspecified atom stereocenters. The molecule has 8 nitrogen and oxygen atoms in total. The van der Waals surface area contributed by atoms with Crippen molar-refractivity contribution < 1.29 is 14.1 Å². The van der Waals surface area contributed by atoms with Crippen LogP contribution in [0.25, 0.3) is 17.4 Å². The van der Waals surface area contributed by atoms with Crippen LogP contribution in [0.3, 0.4) is 0 Å². The lowest BCUT2D eigenvalue weighted by molar-refractivity contribution is -0.384. The van der Waals surface area contributed by atoms with E-state index in [1.807, 2.05) is 30.3 Å². The van der Waals surface area contributed by atoms with Gasteiger partial charge in [-0.25, -0.2) is 0 Å². The smallest absolute Gasteiger partial charge is 0.270 e. The van der Waals surface area contributed by atoms with Crippen LogP contribution >= 0.6 is 23.4 Å². The number of thioether (sulfide) groups is 1. The number of benzene rings is 2. The minimum absolute atomic E-state index is 0.108. The van der Waals surface area contributed by atoms with Gasteiger partial charge in [0.2, 0.25) is 0 Å². The van der Waals surface area contributed by atoms with Gasteiger partial charge in [0.15, 0.2) is 5.17 Å². The van der Waals surface area contributed by atoms with E-state index >= 15 is 0 Å². The van der Waals surface area contributed by atoms with Gasteiger partial charge in [0.1, 0.15) is 11.5 Å². The molecule has 31 heavy (non-hydrogen) atoms. The molecule has 1 aliphatic heterocycles. The molecule has 1 saturated heterocycles. The number of amidine groups is 1. The maximum Gasteiger partial charge on any atom is 0.270 e. The number of rotatable bonds is 5. The Labute approximate surface area is 185 Å². The van der Waals surface area contributed by atoms with Gasteiger partial charge in [0, 0.05) is 23.8 Å². The van der Waals surface area contributed by atoms with Gasteiger partial charge in [-0.1, -0.05) is 41.9 Å². The molecule has 1 aromatic heterocycles. The van der Waals surface area contributed by atoms with Crippen LogP contribution in [-0.4, -0.2) is 22.2 Å². The topological polar surface area (TPSA) is 110 Å². The normalized spacial score (nSPS) is 16.4. The summed E-state index contributed by atoms with van der Waals surface area (Å²) >= 11 is 7.28. The lowest BCUT2D eigenvalue weighted by atomic mass is 10.1. The number of nitro groups is 1. The van der Waals surface area contributed by atoms with Crippen LogP contribution in [0.4, 0.5) is 5.69 Å². The zero-order chi connectivity index (χ0) is 21.8.